The van der Waals surface area contributed by atoms with Crippen LogP contribution in [0.2, 0.25) is 0 Å². The molecule has 4 aromatic rings. The summed E-state index contributed by atoms with van der Waals surface area (Å²) in [6.45, 7) is 0.354. The lowest BCUT2D eigenvalue weighted by Gasteiger charge is -2.32. The highest BCUT2D eigenvalue weighted by molar-refractivity contribution is 7.09. The Hall–Kier alpha value is -3.52. The normalized spacial score (nSPS) is 14.8. The molecule has 7 nitrogen and oxygen atoms in total. The fraction of sp³-hybridized carbons (Fsp3) is 0.308. The van der Waals surface area contributed by atoms with Crippen LogP contribution in [0.25, 0.3) is 11.0 Å². The fourth-order valence-electron chi connectivity index (χ4n) is 4.61. The van der Waals surface area contributed by atoms with Crippen LogP contribution in [0.4, 0.5) is 0 Å². The van der Waals surface area contributed by atoms with Crippen molar-refractivity contribution in [2.24, 2.45) is 0 Å². The lowest BCUT2D eigenvalue weighted by atomic mass is 10.0. The number of nitrogens with one attached hydrogen (secondary N) is 1. The van der Waals surface area contributed by atoms with E-state index in [1.807, 2.05) is 72.1 Å². The molecule has 1 atom stereocenters. The van der Waals surface area contributed by atoms with E-state index in [9.17, 15) is 9.59 Å². The van der Waals surface area contributed by atoms with E-state index in [1.165, 1.54) is 0 Å². The zero-order valence-corrected chi connectivity index (χ0v) is 19.7. The van der Waals surface area contributed by atoms with E-state index in [4.69, 9.17) is 0 Å². The summed E-state index contributed by atoms with van der Waals surface area (Å²) in [5.74, 6) is -0.314. The minimum Gasteiger partial charge on any atom is -0.351 e. The molecule has 1 unspecified atom stereocenters. The van der Waals surface area contributed by atoms with Crippen molar-refractivity contribution in [3.8, 4) is 0 Å². The first-order valence-electron chi connectivity index (χ1n) is 11.6. The number of para-hydroxylation sites is 1. The molecule has 8 heteroatoms. The fourth-order valence-corrected chi connectivity index (χ4v) is 5.31. The maximum Gasteiger partial charge on any atom is 0.247 e. The predicted molar refractivity (Wildman–Crippen MR) is 132 cm³/mol. The van der Waals surface area contributed by atoms with Crippen LogP contribution in [0.5, 0.6) is 0 Å². The Morgan fingerprint density at radius 3 is 2.56 bits per heavy atom. The molecule has 174 valence electrons. The molecule has 1 N–H and O–H groups in total. The van der Waals surface area contributed by atoms with Gasteiger partial charge in [-0.05, 0) is 42.0 Å². The molecule has 2 aromatic carbocycles. The molecule has 34 heavy (non-hydrogen) atoms. The molecule has 1 fully saturated rings. The van der Waals surface area contributed by atoms with Crippen molar-refractivity contribution in [3.63, 3.8) is 0 Å². The van der Waals surface area contributed by atoms with Gasteiger partial charge >= 0.3 is 0 Å². The molecular formula is C26H27N5O2S. The van der Waals surface area contributed by atoms with Gasteiger partial charge in [-0.25, -0.2) is 4.68 Å². The van der Waals surface area contributed by atoms with Gasteiger partial charge in [0, 0.05) is 10.9 Å². The number of rotatable bonds is 8. The van der Waals surface area contributed by atoms with Crippen LogP contribution in [0.1, 0.15) is 42.2 Å². The van der Waals surface area contributed by atoms with Gasteiger partial charge in [-0.3, -0.25) is 9.59 Å². The van der Waals surface area contributed by atoms with Crippen molar-refractivity contribution in [1.29, 1.82) is 0 Å². The maximum absolute atomic E-state index is 13.8. The molecule has 1 saturated carbocycles. The zero-order valence-electron chi connectivity index (χ0n) is 18.8. The van der Waals surface area contributed by atoms with Gasteiger partial charge in [0.25, 0.3) is 0 Å². The van der Waals surface area contributed by atoms with Crippen molar-refractivity contribution in [2.75, 3.05) is 0 Å². The Balaban J connectivity index is 1.49. The Morgan fingerprint density at radius 2 is 1.79 bits per heavy atom. The number of hydrogen-bond acceptors (Lipinski definition) is 5. The average molecular weight is 474 g/mol. The smallest absolute Gasteiger partial charge is 0.247 e. The second-order valence-electron chi connectivity index (χ2n) is 8.64. The molecule has 0 spiro atoms. The van der Waals surface area contributed by atoms with Gasteiger partial charge in [-0.2, -0.15) is 0 Å². The lowest BCUT2D eigenvalue weighted by molar-refractivity contribution is -0.142. The molecule has 0 saturated heterocycles. The molecular weight excluding hydrogens is 446 g/mol. The number of aromatic nitrogens is 3. The van der Waals surface area contributed by atoms with Gasteiger partial charge in [0.1, 0.15) is 18.1 Å². The van der Waals surface area contributed by atoms with Crippen LogP contribution < -0.4 is 5.32 Å². The van der Waals surface area contributed by atoms with Crippen molar-refractivity contribution in [3.05, 3.63) is 82.6 Å². The van der Waals surface area contributed by atoms with E-state index >= 15 is 0 Å². The topological polar surface area (TPSA) is 80.1 Å². The summed E-state index contributed by atoms with van der Waals surface area (Å²) in [6.07, 6.45) is 4.21. The summed E-state index contributed by atoms with van der Waals surface area (Å²) >= 11 is 1.58. The van der Waals surface area contributed by atoms with E-state index in [-0.39, 0.29) is 24.4 Å². The third-order valence-corrected chi connectivity index (χ3v) is 7.17. The number of carbonyl (C=O) groups excluding carboxylic acids is 2. The van der Waals surface area contributed by atoms with E-state index in [0.717, 1.165) is 47.2 Å². The van der Waals surface area contributed by atoms with Gasteiger partial charge in [0.15, 0.2) is 0 Å². The molecule has 1 aliphatic carbocycles. The first kappa shape index (κ1) is 22.3. The summed E-state index contributed by atoms with van der Waals surface area (Å²) in [5, 5.41) is 13.6. The second-order valence-corrected chi connectivity index (χ2v) is 9.67. The van der Waals surface area contributed by atoms with E-state index in [0.29, 0.717) is 6.54 Å². The monoisotopic (exact) mass is 473 g/mol. The summed E-state index contributed by atoms with van der Waals surface area (Å²) in [7, 11) is 0. The van der Waals surface area contributed by atoms with Gasteiger partial charge in [-0.1, -0.05) is 66.6 Å². The first-order chi connectivity index (χ1) is 16.7. The number of fused-ring (bicyclic) bond motifs is 1. The number of carbonyl (C=O) groups is 2. The lowest BCUT2D eigenvalue weighted by Crippen LogP contribution is -2.46. The molecule has 5 rings (SSSR count). The molecule has 0 bridgehead atoms. The van der Waals surface area contributed by atoms with Crippen molar-refractivity contribution in [2.45, 2.75) is 50.9 Å². The molecule has 0 radical (unpaired) electrons. The Labute approximate surface area is 202 Å². The summed E-state index contributed by atoms with van der Waals surface area (Å²) in [5.41, 5.74) is 2.32. The molecule has 2 amide bonds. The number of thiophene rings is 1. The number of amides is 2. The minimum atomic E-state index is -0.730. The number of benzene rings is 2. The second kappa shape index (κ2) is 10.2. The Kier molecular flexibility index (Phi) is 6.67. The van der Waals surface area contributed by atoms with Crippen molar-refractivity contribution in [1.82, 2.24) is 25.2 Å². The van der Waals surface area contributed by atoms with Crippen molar-refractivity contribution >= 4 is 34.2 Å². The molecule has 2 aromatic heterocycles. The van der Waals surface area contributed by atoms with E-state index in [2.05, 4.69) is 15.6 Å². The summed E-state index contributed by atoms with van der Waals surface area (Å²) < 4.78 is 1.61. The third-order valence-electron chi connectivity index (χ3n) is 6.31. The van der Waals surface area contributed by atoms with Crippen LogP contribution in [0, 0.1) is 0 Å². The minimum absolute atomic E-state index is 0.00588. The third kappa shape index (κ3) is 4.87. The van der Waals surface area contributed by atoms with Crippen molar-refractivity contribution < 1.29 is 9.59 Å². The van der Waals surface area contributed by atoms with Gasteiger partial charge in [0.2, 0.25) is 11.8 Å². The first-order valence-corrected chi connectivity index (χ1v) is 12.5. The number of hydrogen-bond donors (Lipinski definition) is 1. The highest BCUT2D eigenvalue weighted by Crippen LogP contribution is 2.27. The van der Waals surface area contributed by atoms with E-state index < -0.39 is 6.04 Å². The SMILES string of the molecule is O=C(NC1CCCC1)C(c1ccccc1)N(Cc1cccs1)C(=O)Cn1nnc2ccccc21. The van der Waals surface area contributed by atoms with Crippen LogP contribution in [0.3, 0.4) is 0 Å². The maximum atomic E-state index is 13.8. The Morgan fingerprint density at radius 1 is 1.03 bits per heavy atom. The van der Waals surface area contributed by atoms with Crippen LogP contribution in [0.15, 0.2) is 72.1 Å². The Bertz CT molecular complexity index is 1250. The molecule has 0 aliphatic heterocycles. The predicted octanol–water partition coefficient (Wildman–Crippen LogP) is 4.32. The molecule has 1 aliphatic rings. The van der Waals surface area contributed by atoms with Crippen LogP contribution in [-0.4, -0.2) is 37.7 Å². The number of nitrogens with zero attached hydrogens (tertiary/aromatic N) is 4. The van der Waals surface area contributed by atoms with Gasteiger partial charge in [0.05, 0.1) is 12.1 Å². The summed E-state index contributed by atoms with van der Waals surface area (Å²) in [6, 6.07) is 20.5. The summed E-state index contributed by atoms with van der Waals surface area (Å²) in [4.78, 5) is 30.2. The van der Waals surface area contributed by atoms with Gasteiger partial charge in [-0.15, -0.1) is 16.4 Å². The van der Waals surface area contributed by atoms with E-state index in [1.54, 1.807) is 20.9 Å². The zero-order chi connectivity index (χ0) is 23.3. The largest absolute Gasteiger partial charge is 0.351 e. The quantitative estimate of drug-likeness (QED) is 0.413. The highest BCUT2D eigenvalue weighted by Gasteiger charge is 2.33. The van der Waals surface area contributed by atoms with Crippen LogP contribution >= 0.6 is 11.3 Å². The average Bonchev–Trinajstić information content (AvgIpc) is 3.63. The van der Waals surface area contributed by atoms with Gasteiger partial charge < -0.3 is 10.2 Å². The highest BCUT2D eigenvalue weighted by atomic mass is 32.1. The van der Waals surface area contributed by atoms with Crippen LogP contribution in [-0.2, 0) is 22.7 Å². The standard InChI is InChI=1S/C26H27N5O2S/c32-24(18-31-23-15-7-6-14-22(23)28-29-31)30(17-21-13-8-16-34-21)25(19-9-2-1-3-10-19)26(33)27-20-11-4-5-12-20/h1-3,6-10,13-16,20,25H,4-5,11-12,17-18H2,(H,27,33). The molecule has 2 heterocycles.